The second-order valence-electron chi connectivity index (χ2n) is 9.42. The summed E-state index contributed by atoms with van der Waals surface area (Å²) in [6.07, 6.45) is 2.21. The van der Waals surface area contributed by atoms with Gasteiger partial charge in [0.15, 0.2) is 11.5 Å². The minimum absolute atomic E-state index is 0.000134. The molecule has 0 aliphatic heterocycles. The van der Waals surface area contributed by atoms with E-state index < -0.39 is 5.41 Å². The summed E-state index contributed by atoms with van der Waals surface area (Å²) in [7, 11) is 1.50. The molecule has 4 rings (SSSR count). The molecule has 0 spiro atoms. The summed E-state index contributed by atoms with van der Waals surface area (Å²) < 4.78 is 5.18. The van der Waals surface area contributed by atoms with E-state index in [1.54, 1.807) is 32.0 Å². The molecule has 2 aliphatic rings. The minimum Gasteiger partial charge on any atom is -0.508 e. The maximum atomic E-state index is 13.3. The third-order valence-corrected chi connectivity index (χ3v) is 7.03. The Balaban J connectivity index is 1.44. The zero-order valence-corrected chi connectivity index (χ0v) is 18.5. The number of ether oxygens (including phenoxy) is 1. The predicted octanol–water partition coefficient (Wildman–Crippen LogP) is 4.74. The number of rotatable bonds is 8. The lowest BCUT2D eigenvalue weighted by Gasteiger charge is -2.22. The molecule has 0 bridgehead atoms. The number of ketones is 2. The van der Waals surface area contributed by atoms with Gasteiger partial charge in [0.25, 0.3) is 0 Å². The van der Waals surface area contributed by atoms with E-state index in [1.807, 2.05) is 25.1 Å². The fraction of sp³-hybridized carbons (Fsp3) is 0.462. The molecular formula is C26H30O5. The van der Waals surface area contributed by atoms with E-state index in [0.29, 0.717) is 5.75 Å². The van der Waals surface area contributed by atoms with Crippen LogP contribution in [-0.2, 0) is 16.0 Å². The summed E-state index contributed by atoms with van der Waals surface area (Å²) in [5.74, 6) is 0.649. The third-order valence-electron chi connectivity index (χ3n) is 7.03. The van der Waals surface area contributed by atoms with Crippen molar-refractivity contribution in [3.05, 3.63) is 53.1 Å². The normalized spacial score (nSPS) is 24.5. The number of carbonyl (C=O) groups is 2. The number of benzene rings is 2. The quantitative estimate of drug-likeness (QED) is 0.600. The van der Waals surface area contributed by atoms with Gasteiger partial charge in [-0.1, -0.05) is 25.1 Å². The molecule has 0 aromatic heterocycles. The Kier molecular flexibility index (Phi) is 5.32. The van der Waals surface area contributed by atoms with Crippen LogP contribution >= 0.6 is 0 Å². The van der Waals surface area contributed by atoms with Gasteiger partial charge < -0.3 is 14.9 Å². The van der Waals surface area contributed by atoms with Gasteiger partial charge in [0, 0.05) is 11.8 Å². The lowest BCUT2D eigenvalue weighted by atomic mass is 9.78. The Morgan fingerprint density at radius 3 is 1.97 bits per heavy atom. The molecule has 2 aromatic rings. The first-order valence-corrected chi connectivity index (χ1v) is 11.0. The monoisotopic (exact) mass is 422 g/mol. The van der Waals surface area contributed by atoms with Gasteiger partial charge in [-0.05, 0) is 79.8 Å². The summed E-state index contributed by atoms with van der Waals surface area (Å²) in [6.45, 7) is 5.51. The Hall–Kier alpha value is -2.82. The minimum atomic E-state index is -1.02. The highest BCUT2D eigenvalue weighted by atomic mass is 16.5. The molecule has 31 heavy (non-hydrogen) atoms. The maximum absolute atomic E-state index is 13.3. The Labute approximate surface area is 183 Å². The lowest BCUT2D eigenvalue weighted by Crippen LogP contribution is -2.36. The Morgan fingerprint density at radius 1 is 0.935 bits per heavy atom. The number of Topliss-reactive ketones (excluding diaryl/α,β-unsaturated/α-hetero) is 2. The van der Waals surface area contributed by atoms with Crippen molar-refractivity contribution in [3.63, 3.8) is 0 Å². The fourth-order valence-corrected chi connectivity index (χ4v) is 4.80. The van der Waals surface area contributed by atoms with E-state index in [-0.39, 0.29) is 46.7 Å². The average molecular weight is 423 g/mol. The van der Waals surface area contributed by atoms with Crippen LogP contribution in [0, 0.1) is 17.3 Å². The van der Waals surface area contributed by atoms with Gasteiger partial charge in [-0.15, -0.1) is 0 Å². The molecule has 0 heterocycles. The van der Waals surface area contributed by atoms with E-state index in [2.05, 4.69) is 0 Å². The SMILES string of the molecule is CCc1cc(C2CC2C(=O)C(C)(C)C(=O)C2CC2c2ccc(O)c(OC)c2)ccc1O. The molecular weight excluding hydrogens is 392 g/mol. The molecule has 0 radical (unpaired) electrons. The second-order valence-corrected chi connectivity index (χ2v) is 9.42. The van der Waals surface area contributed by atoms with Gasteiger partial charge in [0.2, 0.25) is 0 Å². The van der Waals surface area contributed by atoms with Gasteiger partial charge >= 0.3 is 0 Å². The van der Waals surface area contributed by atoms with Crippen LogP contribution in [0.25, 0.3) is 0 Å². The van der Waals surface area contributed by atoms with Gasteiger partial charge in [0.05, 0.1) is 12.5 Å². The molecule has 0 saturated heterocycles. The second kappa shape index (κ2) is 7.70. The standard InChI is InChI=1S/C26H30O5/c1-5-14-10-15(6-8-21(14)27)17-12-19(17)24(29)26(2,3)25(30)20-13-18(20)16-7-9-22(28)23(11-16)31-4/h6-11,17-20,27-28H,5,12-13H2,1-4H3. The van der Waals surface area contributed by atoms with Crippen molar-refractivity contribution in [3.8, 4) is 17.2 Å². The summed E-state index contributed by atoms with van der Waals surface area (Å²) in [6, 6.07) is 10.7. The van der Waals surface area contributed by atoms with E-state index in [0.717, 1.165) is 36.0 Å². The lowest BCUT2D eigenvalue weighted by molar-refractivity contribution is -0.140. The molecule has 2 N–H and O–H groups in total. The average Bonchev–Trinajstić information content (AvgIpc) is 3.67. The van der Waals surface area contributed by atoms with E-state index in [9.17, 15) is 19.8 Å². The highest BCUT2D eigenvalue weighted by Gasteiger charge is 2.56. The van der Waals surface area contributed by atoms with Crippen LogP contribution in [-0.4, -0.2) is 28.9 Å². The van der Waals surface area contributed by atoms with Crippen LogP contribution in [0.2, 0.25) is 0 Å². The van der Waals surface area contributed by atoms with Crippen molar-refractivity contribution in [2.75, 3.05) is 7.11 Å². The molecule has 4 unspecified atom stereocenters. The van der Waals surface area contributed by atoms with Crippen molar-refractivity contribution in [1.82, 2.24) is 0 Å². The summed E-state index contributed by atoms with van der Waals surface area (Å²) in [5, 5.41) is 19.7. The predicted molar refractivity (Wildman–Crippen MR) is 118 cm³/mol. The van der Waals surface area contributed by atoms with Crippen LogP contribution in [0.4, 0.5) is 0 Å². The fourth-order valence-electron chi connectivity index (χ4n) is 4.80. The van der Waals surface area contributed by atoms with Crippen molar-refractivity contribution in [2.24, 2.45) is 17.3 Å². The number of hydrogen-bond acceptors (Lipinski definition) is 5. The zero-order valence-electron chi connectivity index (χ0n) is 18.5. The van der Waals surface area contributed by atoms with Crippen molar-refractivity contribution in [1.29, 1.82) is 0 Å². The molecule has 0 amide bonds. The molecule has 4 atom stereocenters. The van der Waals surface area contributed by atoms with Crippen molar-refractivity contribution < 1.29 is 24.5 Å². The first-order chi connectivity index (χ1) is 14.7. The summed E-state index contributed by atoms with van der Waals surface area (Å²) in [5.41, 5.74) is 1.88. The maximum Gasteiger partial charge on any atom is 0.160 e. The van der Waals surface area contributed by atoms with Crippen LogP contribution < -0.4 is 4.74 Å². The van der Waals surface area contributed by atoms with Gasteiger partial charge in [-0.2, -0.15) is 0 Å². The van der Waals surface area contributed by atoms with Gasteiger partial charge in [0.1, 0.15) is 17.3 Å². The third kappa shape index (κ3) is 3.82. The number of hydrogen-bond donors (Lipinski definition) is 2. The van der Waals surface area contributed by atoms with E-state index in [1.165, 1.54) is 7.11 Å². The van der Waals surface area contributed by atoms with Crippen LogP contribution in [0.1, 0.15) is 62.1 Å². The summed E-state index contributed by atoms with van der Waals surface area (Å²) in [4.78, 5) is 26.5. The van der Waals surface area contributed by atoms with Gasteiger partial charge in [-0.3, -0.25) is 9.59 Å². The highest BCUT2D eigenvalue weighted by Crippen LogP contribution is 2.55. The summed E-state index contributed by atoms with van der Waals surface area (Å²) >= 11 is 0. The Morgan fingerprint density at radius 2 is 1.45 bits per heavy atom. The Bertz CT molecular complexity index is 957. The molecule has 2 saturated carbocycles. The first-order valence-electron chi connectivity index (χ1n) is 11.0. The van der Waals surface area contributed by atoms with E-state index >= 15 is 0 Å². The van der Waals surface area contributed by atoms with Crippen LogP contribution in [0.5, 0.6) is 17.2 Å². The van der Waals surface area contributed by atoms with Crippen LogP contribution in [0.3, 0.4) is 0 Å². The van der Waals surface area contributed by atoms with E-state index in [4.69, 9.17) is 4.74 Å². The zero-order chi connectivity index (χ0) is 22.5. The topological polar surface area (TPSA) is 83.8 Å². The van der Waals surface area contributed by atoms with Crippen molar-refractivity contribution >= 4 is 11.6 Å². The molecule has 2 fully saturated rings. The van der Waals surface area contributed by atoms with Gasteiger partial charge in [-0.25, -0.2) is 0 Å². The highest BCUT2D eigenvalue weighted by molar-refractivity contribution is 6.10. The first kappa shape index (κ1) is 21.4. The number of phenolic OH excluding ortho intramolecular Hbond substituents is 2. The molecule has 2 aromatic carbocycles. The number of aryl methyl sites for hydroxylation is 1. The van der Waals surface area contributed by atoms with Crippen LogP contribution in [0.15, 0.2) is 36.4 Å². The number of carbonyl (C=O) groups excluding carboxylic acids is 2. The number of aromatic hydroxyl groups is 2. The number of phenols is 2. The molecule has 5 heteroatoms. The molecule has 2 aliphatic carbocycles. The number of methoxy groups -OCH3 is 1. The largest absolute Gasteiger partial charge is 0.508 e. The smallest absolute Gasteiger partial charge is 0.160 e. The molecule has 164 valence electrons. The molecule has 5 nitrogen and oxygen atoms in total. The van der Waals surface area contributed by atoms with Crippen molar-refractivity contribution in [2.45, 2.75) is 51.9 Å².